The summed E-state index contributed by atoms with van der Waals surface area (Å²) in [5, 5.41) is 8.46. The summed E-state index contributed by atoms with van der Waals surface area (Å²) in [7, 11) is -3.72. The van der Waals surface area contributed by atoms with Crippen LogP contribution in [0.25, 0.3) is 0 Å². The van der Waals surface area contributed by atoms with E-state index in [1.807, 2.05) is 0 Å². The first kappa shape index (κ1) is 15.0. The van der Waals surface area contributed by atoms with Crippen LogP contribution >= 0.6 is 0 Å². The Morgan fingerprint density at radius 3 is 2.46 bits per heavy atom. The summed E-state index contributed by atoms with van der Waals surface area (Å²) in [4.78, 5) is 11.7. The first-order valence-corrected chi connectivity index (χ1v) is 8.96. The van der Waals surface area contributed by atoms with Crippen molar-refractivity contribution in [1.29, 1.82) is 0 Å². The molecule has 6 nitrogen and oxygen atoms in total. The highest BCUT2D eigenvalue weighted by Crippen LogP contribution is 2.55. The van der Waals surface area contributed by atoms with E-state index in [2.05, 4.69) is 0 Å². The van der Waals surface area contributed by atoms with Crippen LogP contribution in [0, 0.1) is 5.92 Å². The van der Waals surface area contributed by atoms with E-state index >= 15 is 0 Å². The van der Waals surface area contributed by atoms with Gasteiger partial charge in [-0.05, 0) is 29.8 Å². The van der Waals surface area contributed by atoms with Gasteiger partial charge in [0.2, 0.25) is 6.79 Å². The predicted molar refractivity (Wildman–Crippen MR) is 83.8 cm³/mol. The molecule has 0 bridgehead atoms. The van der Waals surface area contributed by atoms with Crippen molar-refractivity contribution in [2.75, 3.05) is 6.79 Å². The second-order valence-electron chi connectivity index (χ2n) is 5.83. The lowest BCUT2D eigenvalue weighted by Crippen LogP contribution is -2.13. The van der Waals surface area contributed by atoms with Crippen molar-refractivity contribution in [2.24, 2.45) is 5.92 Å². The van der Waals surface area contributed by atoms with Gasteiger partial charge in [-0.15, -0.1) is 0 Å². The van der Waals surface area contributed by atoms with Gasteiger partial charge in [-0.2, -0.15) is 0 Å². The number of carbonyl (C=O) groups is 1. The molecule has 1 heterocycles. The van der Waals surface area contributed by atoms with Crippen molar-refractivity contribution < 1.29 is 27.8 Å². The van der Waals surface area contributed by atoms with E-state index in [-0.39, 0.29) is 11.7 Å². The Morgan fingerprint density at radius 2 is 1.75 bits per heavy atom. The van der Waals surface area contributed by atoms with Crippen LogP contribution in [0.1, 0.15) is 11.5 Å². The number of benzene rings is 2. The molecule has 1 fully saturated rings. The maximum atomic E-state index is 12.8. The van der Waals surface area contributed by atoms with Gasteiger partial charge in [0.1, 0.15) is 0 Å². The molecule has 0 amide bonds. The predicted octanol–water partition coefficient (Wildman–Crippen LogP) is 2.06. The zero-order valence-electron chi connectivity index (χ0n) is 12.5. The highest BCUT2D eigenvalue weighted by atomic mass is 32.2. The van der Waals surface area contributed by atoms with Crippen LogP contribution in [0.2, 0.25) is 0 Å². The molecule has 24 heavy (non-hydrogen) atoms. The molecular formula is C17H14O6S. The normalized spacial score (nSPS) is 24.6. The average Bonchev–Trinajstić information content (AvgIpc) is 3.19. The van der Waals surface area contributed by atoms with Crippen molar-refractivity contribution in [3.05, 3.63) is 54.1 Å². The molecule has 0 saturated heterocycles. The third-order valence-electron chi connectivity index (χ3n) is 4.45. The summed E-state index contributed by atoms with van der Waals surface area (Å²) in [6.07, 6.45) is 0. The van der Waals surface area contributed by atoms with Gasteiger partial charge in [-0.25, -0.2) is 8.42 Å². The fourth-order valence-corrected chi connectivity index (χ4v) is 5.39. The zero-order chi connectivity index (χ0) is 16.9. The van der Waals surface area contributed by atoms with E-state index in [0.29, 0.717) is 17.1 Å². The fourth-order valence-electron chi connectivity index (χ4n) is 3.25. The van der Waals surface area contributed by atoms with E-state index in [1.54, 1.807) is 36.4 Å². The van der Waals surface area contributed by atoms with Gasteiger partial charge in [0.25, 0.3) is 0 Å². The Balaban J connectivity index is 1.72. The number of aliphatic carboxylic acids is 1. The number of sulfone groups is 1. The van der Waals surface area contributed by atoms with Gasteiger partial charge in [-0.1, -0.05) is 24.3 Å². The monoisotopic (exact) mass is 346 g/mol. The Labute approximate surface area is 138 Å². The lowest BCUT2D eigenvalue weighted by atomic mass is 10.1. The molecule has 2 aromatic rings. The molecule has 1 N–H and O–H groups in total. The third kappa shape index (κ3) is 2.24. The van der Waals surface area contributed by atoms with E-state index in [9.17, 15) is 18.3 Å². The molecular weight excluding hydrogens is 332 g/mol. The quantitative estimate of drug-likeness (QED) is 0.911. The van der Waals surface area contributed by atoms with Crippen molar-refractivity contribution in [3.8, 4) is 11.5 Å². The van der Waals surface area contributed by atoms with Gasteiger partial charge in [0, 0.05) is 5.92 Å². The lowest BCUT2D eigenvalue weighted by Gasteiger charge is -2.04. The largest absolute Gasteiger partial charge is 0.481 e. The van der Waals surface area contributed by atoms with Crippen LogP contribution in [-0.4, -0.2) is 31.5 Å². The number of fused-ring (bicyclic) bond motifs is 1. The van der Waals surface area contributed by atoms with Gasteiger partial charge >= 0.3 is 5.97 Å². The van der Waals surface area contributed by atoms with Crippen LogP contribution in [0.5, 0.6) is 11.5 Å². The second kappa shape index (κ2) is 5.24. The number of hydrogen-bond donors (Lipinski definition) is 1. The minimum atomic E-state index is -3.72. The molecule has 4 rings (SSSR count). The summed E-state index contributed by atoms with van der Waals surface area (Å²) in [5.41, 5.74) is 0.635. The Bertz CT molecular complexity index is 906. The molecule has 1 aliphatic carbocycles. The molecule has 0 unspecified atom stereocenters. The molecule has 0 aromatic heterocycles. The Hall–Kier alpha value is -2.54. The van der Waals surface area contributed by atoms with Gasteiger partial charge in [0.05, 0.1) is 16.1 Å². The SMILES string of the molecule is O=C(O)[C@@H]1[C@@H](c2ccc3c(c2)OCO3)[C@@H]1S(=O)(=O)c1ccccc1. The van der Waals surface area contributed by atoms with Crippen LogP contribution in [-0.2, 0) is 14.6 Å². The van der Waals surface area contributed by atoms with E-state index in [4.69, 9.17) is 9.47 Å². The number of ether oxygens (including phenoxy) is 2. The first-order chi connectivity index (χ1) is 11.5. The smallest absolute Gasteiger partial charge is 0.308 e. The molecule has 0 spiro atoms. The van der Waals surface area contributed by atoms with Crippen molar-refractivity contribution >= 4 is 15.8 Å². The van der Waals surface area contributed by atoms with Crippen LogP contribution in [0.15, 0.2) is 53.4 Å². The van der Waals surface area contributed by atoms with E-state index in [1.165, 1.54) is 12.1 Å². The number of carboxylic acids is 1. The minimum absolute atomic E-state index is 0.109. The summed E-state index contributed by atoms with van der Waals surface area (Å²) in [6.45, 7) is 0.109. The summed E-state index contributed by atoms with van der Waals surface area (Å²) < 4.78 is 36.1. The molecule has 1 aliphatic heterocycles. The summed E-state index contributed by atoms with van der Waals surface area (Å²) in [6, 6.07) is 13.0. The molecule has 2 aliphatic rings. The Morgan fingerprint density at radius 1 is 1.04 bits per heavy atom. The number of rotatable bonds is 4. The van der Waals surface area contributed by atoms with Crippen molar-refractivity contribution in [3.63, 3.8) is 0 Å². The lowest BCUT2D eigenvalue weighted by molar-refractivity contribution is -0.138. The second-order valence-corrected chi connectivity index (χ2v) is 7.93. The highest BCUT2D eigenvalue weighted by Gasteiger charge is 2.63. The van der Waals surface area contributed by atoms with Gasteiger partial charge < -0.3 is 14.6 Å². The highest BCUT2D eigenvalue weighted by molar-refractivity contribution is 7.92. The maximum Gasteiger partial charge on any atom is 0.308 e. The van der Waals surface area contributed by atoms with Crippen LogP contribution < -0.4 is 9.47 Å². The van der Waals surface area contributed by atoms with Crippen molar-refractivity contribution in [2.45, 2.75) is 16.1 Å². The van der Waals surface area contributed by atoms with Gasteiger partial charge in [0.15, 0.2) is 21.3 Å². The summed E-state index contributed by atoms with van der Waals surface area (Å²) >= 11 is 0. The molecule has 1 saturated carbocycles. The standard InChI is InChI=1S/C17H14O6S/c18-17(19)15-14(10-6-7-12-13(8-10)23-9-22-12)16(15)24(20,21)11-4-2-1-3-5-11/h1-8,14-16H,9H2,(H,18,19)/t14-,15-,16+/m1/s1. The topological polar surface area (TPSA) is 89.9 Å². The fraction of sp³-hybridized carbons (Fsp3) is 0.235. The van der Waals surface area contributed by atoms with E-state index < -0.39 is 32.9 Å². The average molecular weight is 346 g/mol. The maximum absolute atomic E-state index is 12.8. The van der Waals surface area contributed by atoms with Crippen LogP contribution in [0.4, 0.5) is 0 Å². The van der Waals surface area contributed by atoms with E-state index in [0.717, 1.165) is 0 Å². The number of carboxylic acid groups (broad SMARTS) is 1. The first-order valence-electron chi connectivity index (χ1n) is 7.41. The Kier molecular flexibility index (Phi) is 3.28. The number of hydrogen-bond acceptors (Lipinski definition) is 5. The molecule has 0 radical (unpaired) electrons. The molecule has 2 aromatic carbocycles. The third-order valence-corrected chi connectivity index (χ3v) is 6.68. The van der Waals surface area contributed by atoms with Crippen molar-refractivity contribution in [1.82, 2.24) is 0 Å². The van der Waals surface area contributed by atoms with Crippen LogP contribution in [0.3, 0.4) is 0 Å². The molecule has 3 atom stereocenters. The van der Waals surface area contributed by atoms with Gasteiger partial charge in [-0.3, -0.25) is 4.79 Å². The summed E-state index contributed by atoms with van der Waals surface area (Å²) in [5.74, 6) is -1.58. The minimum Gasteiger partial charge on any atom is -0.481 e. The molecule has 7 heteroatoms. The molecule has 124 valence electrons. The zero-order valence-corrected chi connectivity index (χ0v) is 13.3.